The summed E-state index contributed by atoms with van der Waals surface area (Å²) in [5, 5.41) is 3.02. The van der Waals surface area contributed by atoms with Crippen LogP contribution in [-0.2, 0) is 0 Å². The number of allylic oxidation sites excluding steroid dienone is 1. The first-order chi connectivity index (χ1) is 10.7. The summed E-state index contributed by atoms with van der Waals surface area (Å²) < 4.78 is 10.5. The summed E-state index contributed by atoms with van der Waals surface area (Å²) >= 11 is 0. The maximum absolute atomic E-state index is 12.3. The summed E-state index contributed by atoms with van der Waals surface area (Å²) in [4.78, 5) is 12.3. The lowest BCUT2D eigenvalue weighted by atomic mass is 10.1. The Morgan fingerprint density at radius 2 is 1.91 bits per heavy atom. The number of hydrogen-bond donors (Lipinski definition) is 1. The van der Waals surface area contributed by atoms with E-state index in [2.05, 4.69) is 5.32 Å². The Kier molecular flexibility index (Phi) is 5.20. The van der Waals surface area contributed by atoms with Crippen LogP contribution in [0.4, 0.5) is 5.69 Å². The van der Waals surface area contributed by atoms with Crippen molar-refractivity contribution in [1.29, 1.82) is 0 Å². The average molecular weight is 297 g/mol. The predicted octanol–water partition coefficient (Wildman–Crippen LogP) is 3.64. The number of hydrogen-bond acceptors (Lipinski definition) is 4. The van der Waals surface area contributed by atoms with Gasteiger partial charge in [-0.3, -0.25) is 4.79 Å². The first-order valence-electron chi connectivity index (χ1n) is 6.90. The molecule has 2 aromatic carbocycles. The topological polar surface area (TPSA) is 47.6 Å². The second-order valence-corrected chi connectivity index (χ2v) is 4.64. The Bertz CT molecular complexity index is 692. The molecule has 4 nitrogen and oxygen atoms in total. The number of methoxy groups -OCH3 is 2. The molecule has 0 radical (unpaired) electrons. The van der Waals surface area contributed by atoms with Crippen LogP contribution < -0.4 is 14.8 Å². The standard InChI is InChI=1S/C18H19NO3/c1-19-15-6-4-5-13(11-15)17(20)9-7-14-12-16(21-2)8-10-18(14)22-3/h4-12,19H,1-3H3. The van der Waals surface area contributed by atoms with Crippen molar-refractivity contribution in [1.82, 2.24) is 0 Å². The second-order valence-electron chi connectivity index (χ2n) is 4.64. The lowest BCUT2D eigenvalue weighted by Gasteiger charge is -2.07. The van der Waals surface area contributed by atoms with Crippen LogP contribution in [-0.4, -0.2) is 27.1 Å². The van der Waals surface area contributed by atoms with Gasteiger partial charge in [0, 0.05) is 23.9 Å². The Morgan fingerprint density at radius 3 is 2.59 bits per heavy atom. The van der Waals surface area contributed by atoms with Gasteiger partial charge in [-0.05, 0) is 42.5 Å². The van der Waals surface area contributed by atoms with Crippen molar-refractivity contribution >= 4 is 17.5 Å². The summed E-state index contributed by atoms with van der Waals surface area (Å²) in [5.41, 5.74) is 2.32. The summed E-state index contributed by atoms with van der Waals surface area (Å²) in [6, 6.07) is 12.8. The molecule has 4 heteroatoms. The predicted molar refractivity (Wildman–Crippen MR) is 88.9 cm³/mol. The lowest BCUT2D eigenvalue weighted by Crippen LogP contribution is -1.96. The zero-order chi connectivity index (χ0) is 15.9. The quantitative estimate of drug-likeness (QED) is 0.653. The minimum atomic E-state index is -0.0676. The number of nitrogens with one attached hydrogen (secondary N) is 1. The first-order valence-corrected chi connectivity index (χ1v) is 6.90. The third kappa shape index (κ3) is 3.67. The van der Waals surface area contributed by atoms with Crippen molar-refractivity contribution in [2.45, 2.75) is 0 Å². The third-order valence-electron chi connectivity index (χ3n) is 3.29. The zero-order valence-electron chi connectivity index (χ0n) is 12.9. The van der Waals surface area contributed by atoms with Crippen molar-refractivity contribution < 1.29 is 14.3 Å². The molecule has 2 rings (SSSR count). The van der Waals surface area contributed by atoms with Gasteiger partial charge in [-0.2, -0.15) is 0 Å². The molecule has 2 aromatic rings. The van der Waals surface area contributed by atoms with Gasteiger partial charge in [0.1, 0.15) is 11.5 Å². The molecule has 0 bridgehead atoms. The molecular formula is C18H19NO3. The minimum absolute atomic E-state index is 0.0676. The number of ketones is 1. The van der Waals surface area contributed by atoms with Crippen LogP contribution in [0.25, 0.3) is 6.08 Å². The number of anilines is 1. The van der Waals surface area contributed by atoms with Gasteiger partial charge in [-0.15, -0.1) is 0 Å². The van der Waals surface area contributed by atoms with Gasteiger partial charge in [0.15, 0.2) is 5.78 Å². The fourth-order valence-corrected chi connectivity index (χ4v) is 2.06. The molecule has 0 aliphatic heterocycles. The fourth-order valence-electron chi connectivity index (χ4n) is 2.06. The molecule has 0 aromatic heterocycles. The van der Waals surface area contributed by atoms with E-state index < -0.39 is 0 Å². The van der Waals surface area contributed by atoms with Gasteiger partial charge >= 0.3 is 0 Å². The summed E-state index contributed by atoms with van der Waals surface area (Å²) in [6.07, 6.45) is 3.27. The van der Waals surface area contributed by atoms with E-state index in [1.54, 1.807) is 26.4 Å². The molecule has 114 valence electrons. The molecule has 0 atom stereocenters. The van der Waals surface area contributed by atoms with E-state index in [1.165, 1.54) is 6.08 Å². The van der Waals surface area contributed by atoms with Crippen molar-refractivity contribution in [3.8, 4) is 11.5 Å². The van der Waals surface area contributed by atoms with E-state index in [1.807, 2.05) is 43.4 Å². The van der Waals surface area contributed by atoms with Gasteiger partial charge in [0.25, 0.3) is 0 Å². The van der Waals surface area contributed by atoms with Gasteiger partial charge in [-0.25, -0.2) is 0 Å². The van der Waals surface area contributed by atoms with E-state index in [9.17, 15) is 4.79 Å². The average Bonchev–Trinajstić information content (AvgIpc) is 2.59. The van der Waals surface area contributed by atoms with E-state index in [0.717, 1.165) is 11.3 Å². The van der Waals surface area contributed by atoms with Crippen LogP contribution in [0.3, 0.4) is 0 Å². The van der Waals surface area contributed by atoms with Crippen LogP contribution in [0.5, 0.6) is 11.5 Å². The Morgan fingerprint density at radius 1 is 1.09 bits per heavy atom. The first kappa shape index (κ1) is 15.6. The highest BCUT2D eigenvalue weighted by Gasteiger charge is 2.05. The summed E-state index contributed by atoms with van der Waals surface area (Å²) in [7, 11) is 5.02. The highest BCUT2D eigenvalue weighted by Crippen LogP contribution is 2.25. The van der Waals surface area contributed by atoms with Crippen LogP contribution in [0.1, 0.15) is 15.9 Å². The molecule has 22 heavy (non-hydrogen) atoms. The minimum Gasteiger partial charge on any atom is -0.497 e. The third-order valence-corrected chi connectivity index (χ3v) is 3.29. The van der Waals surface area contributed by atoms with Crippen LogP contribution in [0.2, 0.25) is 0 Å². The van der Waals surface area contributed by atoms with Crippen molar-refractivity contribution in [3.63, 3.8) is 0 Å². The van der Waals surface area contributed by atoms with Crippen molar-refractivity contribution in [3.05, 3.63) is 59.7 Å². The van der Waals surface area contributed by atoms with Gasteiger partial charge in [0.2, 0.25) is 0 Å². The number of ether oxygens (including phenoxy) is 2. The molecule has 1 N–H and O–H groups in total. The molecule has 0 saturated carbocycles. The highest BCUT2D eigenvalue weighted by atomic mass is 16.5. The lowest BCUT2D eigenvalue weighted by molar-refractivity contribution is 0.104. The fraction of sp³-hybridized carbons (Fsp3) is 0.167. The smallest absolute Gasteiger partial charge is 0.185 e. The molecule has 0 aliphatic carbocycles. The molecule has 0 heterocycles. The van der Waals surface area contributed by atoms with Crippen molar-refractivity contribution in [2.75, 3.05) is 26.6 Å². The van der Waals surface area contributed by atoms with Crippen LogP contribution in [0, 0.1) is 0 Å². The normalized spacial score (nSPS) is 10.5. The Hall–Kier alpha value is -2.75. The summed E-state index contributed by atoms with van der Waals surface area (Å²) in [5.74, 6) is 1.33. The molecule has 0 saturated heterocycles. The van der Waals surface area contributed by atoms with E-state index in [-0.39, 0.29) is 5.78 Å². The molecule has 0 fully saturated rings. The molecular weight excluding hydrogens is 278 g/mol. The van der Waals surface area contributed by atoms with Crippen molar-refractivity contribution in [2.24, 2.45) is 0 Å². The number of benzene rings is 2. The van der Waals surface area contributed by atoms with Gasteiger partial charge in [0.05, 0.1) is 14.2 Å². The Labute approximate surface area is 130 Å². The maximum Gasteiger partial charge on any atom is 0.185 e. The van der Waals surface area contributed by atoms with Crippen LogP contribution >= 0.6 is 0 Å². The highest BCUT2D eigenvalue weighted by molar-refractivity contribution is 6.07. The van der Waals surface area contributed by atoms with Gasteiger partial charge in [-0.1, -0.05) is 12.1 Å². The van der Waals surface area contributed by atoms with Gasteiger partial charge < -0.3 is 14.8 Å². The summed E-state index contributed by atoms with van der Waals surface area (Å²) in [6.45, 7) is 0. The largest absolute Gasteiger partial charge is 0.497 e. The van der Waals surface area contributed by atoms with E-state index in [4.69, 9.17) is 9.47 Å². The Balaban J connectivity index is 2.25. The van der Waals surface area contributed by atoms with E-state index >= 15 is 0 Å². The monoisotopic (exact) mass is 297 g/mol. The number of carbonyl (C=O) groups excluding carboxylic acids is 1. The zero-order valence-corrected chi connectivity index (χ0v) is 12.9. The molecule has 0 unspecified atom stereocenters. The van der Waals surface area contributed by atoms with E-state index in [0.29, 0.717) is 17.1 Å². The molecule has 0 amide bonds. The SMILES string of the molecule is CNc1cccc(C(=O)C=Cc2cc(OC)ccc2OC)c1. The number of carbonyl (C=O) groups is 1. The molecule has 0 aliphatic rings. The molecule has 0 spiro atoms. The maximum atomic E-state index is 12.3. The number of rotatable bonds is 6. The second kappa shape index (κ2) is 7.31. The van der Waals surface area contributed by atoms with Crippen LogP contribution in [0.15, 0.2) is 48.5 Å².